The molecule has 1 aromatic heterocycles. The number of phenolic OH excluding ortho intramolecular Hbond substituents is 1. The van der Waals surface area contributed by atoms with Crippen LogP contribution in [0.4, 0.5) is 5.69 Å². The van der Waals surface area contributed by atoms with Gasteiger partial charge >= 0.3 is 0 Å². The molecule has 0 radical (unpaired) electrons. The molecule has 2 aromatic rings. The number of carbonyl (C=O) groups is 1. The molecule has 0 spiro atoms. The van der Waals surface area contributed by atoms with Crippen molar-refractivity contribution in [3.63, 3.8) is 0 Å². The number of rotatable bonds is 2. The number of nitrogens with one attached hydrogen (secondary N) is 1. The Labute approximate surface area is 118 Å². The summed E-state index contributed by atoms with van der Waals surface area (Å²) in [6, 6.07) is 4.50. The van der Waals surface area contributed by atoms with Crippen molar-refractivity contribution in [3.05, 3.63) is 44.1 Å². The summed E-state index contributed by atoms with van der Waals surface area (Å²) in [5, 5.41) is 14.6. The minimum Gasteiger partial charge on any atom is -0.506 e. The third-order valence-electron chi connectivity index (χ3n) is 2.31. The summed E-state index contributed by atoms with van der Waals surface area (Å²) in [6.45, 7) is 1.84. The average molecular weight is 302 g/mol. The van der Waals surface area contributed by atoms with Crippen LogP contribution in [-0.4, -0.2) is 11.0 Å². The van der Waals surface area contributed by atoms with Crippen molar-refractivity contribution < 1.29 is 9.90 Å². The van der Waals surface area contributed by atoms with E-state index in [1.807, 2.05) is 12.3 Å². The minimum atomic E-state index is -0.306. The van der Waals surface area contributed by atoms with E-state index in [0.717, 1.165) is 5.56 Å². The van der Waals surface area contributed by atoms with E-state index in [0.29, 0.717) is 15.6 Å². The van der Waals surface area contributed by atoms with Crippen LogP contribution < -0.4 is 5.32 Å². The molecule has 3 nitrogen and oxygen atoms in total. The van der Waals surface area contributed by atoms with E-state index in [1.54, 1.807) is 6.07 Å². The molecule has 1 aromatic carbocycles. The van der Waals surface area contributed by atoms with E-state index in [9.17, 15) is 9.90 Å². The Bertz CT molecular complexity index is 610. The second kappa shape index (κ2) is 5.18. The van der Waals surface area contributed by atoms with Crippen LogP contribution in [-0.2, 0) is 0 Å². The molecule has 94 valence electrons. The van der Waals surface area contributed by atoms with Gasteiger partial charge in [-0.3, -0.25) is 4.79 Å². The number of anilines is 1. The number of amides is 1. The second-order valence-corrected chi connectivity index (χ2v) is 5.35. The Morgan fingerprint density at radius 1 is 1.39 bits per heavy atom. The van der Waals surface area contributed by atoms with Gasteiger partial charge in [-0.2, -0.15) is 0 Å². The van der Waals surface area contributed by atoms with Gasteiger partial charge in [0, 0.05) is 11.8 Å². The predicted molar refractivity (Wildman–Crippen MR) is 75.1 cm³/mol. The monoisotopic (exact) mass is 301 g/mol. The van der Waals surface area contributed by atoms with Crippen molar-refractivity contribution in [2.75, 3.05) is 5.32 Å². The summed E-state index contributed by atoms with van der Waals surface area (Å²) in [5.41, 5.74) is 1.33. The van der Waals surface area contributed by atoms with Crippen LogP contribution in [0, 0.1) is 6.92 Å². The number of halogens is 2. The molecule has 0 aliphatic rings. The normalized spacial score (nSPS) is 10.4. The van der Waals surface area contributed by atoms with Crippen LogP contribution in [0.5, 0.6) is 5.75 Å². The highest BCUT2D eigenvalue weighted by molar-refractivity contribution is 7.13. The lowest BCUT2D eigenvalue weighted by Gasteiger charge is -2.05. The van der Waals surface area contributed by atoms with Gasteiger partial charge < -0.3 is 10.4 Å². The zero-order valence-electron chi connectivity index (χ0n) is 9.33. The number of hydrogen-bond donors (Lipinski definition) is 2. The Hall–Kier alpha value is -1.23. The highest BCUT2D eigenvalue weighted by atomic mass is 35.5. The van der Waals surface area contributed by atoms with Gasteiger partial charge in [-0.25, -0.2) is 0 Å². The maximum atomic E-state index is 11.9. The molecule has 0 saturated carbocycles. The van der Waals surface area contributed by atoms with Crippen molar-refractivity contribution in [1.29, 1.82) is 0 Å². The molecule has 0 atom stereocenters. The van der Waals surface area contributed by atoms with Crippen LogP contribution >= 0.6 is 34.5 Å². The number of aryl methyl sites for hydroxylation is 1. The molecule has 0 aliphatic carbocycles. The van der Waals surface area contributed by atoms with E-state index in [1.165, 1.54) is 23.5 Å². The SMILES string of the molecule is Cc1csc(C(=O)Nc2ccc(Cl)c(O)c2)c1Cl. The maximum absolute atomic E-state index is 11.9. The summed E-state index contributed by atoms with van der Waals surface area (Å²) >= 11 is 13.0. The minimum absolute atomic E-state index is 0.0806. The summed E-state index contributed by atoms with van der Waals surface area (Å²) in [5.74, 6) is -0.386. The van der Waals surface area contributed by atoms with Crippen LogP contribution in [0.3, 0.4) is 0 Å². The van der Waals surface area contributed by atoms with E-state index in [4.69, 9.17) is 23.2 Å². The third kappa shape index (κ3) is 2.61. The summed E-state index contributed by atoms with van der Waals surface area (Å²) in [6.07, 6.45) is 0. The molecule has 0 fully saturated rings. The van der Waals surface area contributed by atoms with Crippen molar-refractivity contribution in [1.82, 2.24) is 0 Å². The lowest BCUT2D eigenvalue weighted by atomic mass is 10.3. The van der Waals surface area contributed by atoms with E-state index >= 15 is 0 Å². The second-order valence-electron chi connectivity index (χ2n) is 3.68. The van der Waals surface area contributed by atoms with E-state index in [-0.39, 0.29) is 16.7 Å². The molecule has 1 heterocycles. The highest BCUT2D eigenvalue weighted by Crippen LogP contribution is 2.29. The molecule has 0 unspecified atom stereocenters. The van der Waals surface area contributed by atoms with Crippen LogP contribution in [0.2, 0.25) is 10.0 Å². The molecule has 2 rings (SSSR count). The fourth-order valence-corrected chi connectivity index (χ4v) is 2.65. The van der Waals surface area contributed by atoms with Gasteiger partial charge in [-0.15, -0.1) is 11.3 Å². The molecule has 0 saturated heterocycles. The van der Waals surface area contributed by atoms with Crippen LogP contribution in [0.15, 0.2) is 23.6 Å². The number of aromatic hydroxyl groups is 1. The number of hydrogen-bond acceptors (Lipinski definition) is 3. The molecule has 1 amide bonds. The summed E-state index contributed by atoms with van der Waals surface area (Å²) in [4.78, 5) is 12.4. The van der Waals surface area contributed by atoms with Crippen molar-refractivity contribution >= 4 is 46.1 Å². The fraction of sp³-hybridized carbons (Fsp3) is 0.0833. The third-order valence-corrected chi connectivity index (χ3v) is 4.32. The first-order valence-electron chi connectivity index (χ1n) is 5.02. The van der Waals surface area contributed by atoms with Crippen molar-refractivity contribution in [2.24, 2.45) is 0 Å². The van der Waals surface area contributed by atoms with E-state index in [2.05, 4.69) is 5.32 Å². The van der Waals surface area contributed by atoms with Gasteiger partial charge in [0.2, 0.25) is 0 Å². The number of thiophene rings is 1. The number of phenols is 1. The van der Waals surface area contributed by atoms with Gasteiger partial charge in [0.25, 0.3) is 5.91 Å². The van der Waals surface area contributed by atoms with Crippen molar-refractivity contribution in [3.8, 4) is 5.75 Å². The highest BCUT2D eigenvalue weighted by Gasteiger charge is 2.15. The molecule has 2 N–H and O–H groups in total. The van der Waals surface area contributed by atoms with Gasteiger partial charge in [-0.05, 0) is 30.0 Å². The summed E-state index contributed by atoms with van der Waals surface area (Å²) in [7, 11) is 0. The summed E-state index contributed by atoms with van der Waals surface area (Å²) < 4.78 is 0. The Morgan fingerprint density at radius 2 is 2.11 bits per heavy atom. The smallest absolute Gasteiger partial charge is 0.267 e. The maximum Gasteiger partial charge on any atom is 0.267 e. The zero-order valence-corrected chi connectivity index (χ0v) is 11.7. The Morgan fingerprint density at radius 3 is 2.67 bits per heavy atom. The quantitative estimate of drug-likeness (QED) is 0.868. The molecule has 18 heavy (non-hydrogen) atoms. The predicted octanol–water partition coefficient (Wildman–Crippen LogP) is 4.32. The van der Waals surface area contributed by atoms with Gasteiger partial charge in [0.05, 0.1) is 10.0 Å². The first-order valence-corrected chi connectivity index (χ1v) is 6.66. The molecule has 6 heteroatoms. The average Bonchev–Trinajstić information content (AvgIpc) is 2.65. The molecule has 0 bridgehead atoms. The first kappa shape index (κ1) is 13.2. The lowest BCUT2D eigenvalue weighted by Crippen LogP contribution is -2.10. The zero-order chi connectivity index (χ0) is 13.3. The largest absolute Gasteiger partial charge is 0.506 e. The number of benzene rings is 1. The van der Waals surface area contributed by atoms with Crippen molar-refractivity contribution in [2.45, 2.75) is 6.92 Å². The molecular weight excluding hydrogens is 293 g/mol. The van der Waals surface area contributed by atoms with Crippen LogP contribution in [0.1, 0.15) is 15.2 Å². The number of carbonyl (C=O) groups excluding carboxylic acids is 1. The molecular formula is C12H9Cl2NO2S. The fourth-order valence-electron chi connectivity index (χ4n) is 1.36. The first-order chi connectivity index (χ1) is 8.49. The van der Waals surface area contributed by atoms with Gasteiger partial charge in [-0.1, -0.05) is 23.2 Å². The topological polar surface area (TPSA) is 49.3 Å². The van der Waals surface area contributed by atoms with Gasteiger partial charge in [0.15, 0.2) is 0 Å². The van der Waals surface area contributed by atoms with Gasteiger partial charge in [0.1, 0.15) is 10.6 Å². The van der Waals surface area contributed by atoms with E-state index < -0.39 is 0 Å². The Kier molecular flexibility index (Phi) is 3.80. The van der Waals surface area contributed by atoms with Crippen LogP contribution in [0.25, 0.3) is 0 Å². The molecule has 0 aliphatic heterocycles. The lowest BCUT2D eigenvalue weighted by molar-refractivity contribution is 0.103. The Balaban J connectivity index is 2.21. The standard InChI is InChI=1S/C12H9Cl2NO2S/c1-6-5-18-11(10(6)14)12(17)15-7-2-3-8(13)9(16)4-7/h2-5,16H,1H3,(H,15,17).